The molecule has 0 aliphatic carbocycles. The van der Waals surface area contributed by atoms with Gasteiger partial charge in [0.1, 0.15) is 5.82 Å². The summed E-state index contributed by atoms with van der Waals surface area (Å²) in [6, 6.07) is 6.01. The van der Waals surface area contributed by atoms with Crippen molar-refractivity contribution in [2.45, 2.75) is 25.8 Å². The number of rotatable bonds is 7. The largest absolute Gasteiger partial charge is 0.481 e. The van der Waals surface area contributed by atoms with Crippen LogP contribution >= 0.6 is 0 Å². The van der Waals surface area contributed by atoms with E-state index in [0.717, 1.165) is 5.56 Å². The monoisotopic (exact) mass is 267 g/mol. The van der Waals surface area contributed by atoms with Gasteiger partial charge < -0.3 is 15.8 Å². The van der Waals surface area contributed by atoms with Crippen molar-refractivity contribution >= 4 is 5.97 Å². The van der Waals surface area contributed by atoms with Crippen LogP contribution in [0.15, 0.2) is 36.2 Å². The molecule has 0 radical (unpaired) electrons. The SMILES string of the molecule is N/C(=C\N(N)Cc1ccc(F)cc1)CCCC(=O)O. The van der Waals surface area contributed by atoms with Gasteiger partial charge in [-0.25, -0.2) is 10.2 Å². The molecule has 0 aliphatic rings. The molecule has 0 atom stereocenters. The zero-order valence-corrected chi connectivity index (χ0v) is 10.6. The molecule has 0 spiro atoms. The van der Waals surface area contributed by atoms with Crippen LogP contribution in [0.2, 0.25) is 0 Å². The van der Waals surface area contributed by atoms with Crippen molar-refractivity contribution in [2.75, 3.05) is 0 Å². The first kappa shape index (κ1) is 15.0. The van der Waals surface area contributed by atoms with Gasteiger partial charge in [0.25, 0.3) is 0 Å². The van der Waals surface area contributed by atoms with Crippen molar-refractivity contribution in [3.05, 3.63) is 47.5 Å². The molecule has 6 heteroatoms. The van der Waals surface area contributed by atoms with Gasteiger partial charge in [0.2, 0.25) is 0 Å². The summed E-state index contributed by atoms with van der Waals surface area (Å²) < 4.78 is 12.7. The van der Waals surface area contributed by atoms with Crippen LogP contribution in [0.3, 0.4) is 0 Å². The molecule has 1 aromatic rings. The molecule has 0 amide bonds. The zero-order chi connectivity index (χ0) is 14.3. The molecule has 0 saturated heterocycles. The quantitative estimate of drug-likeness (QED) is 0.515. The van der Waals surface area contributed by atoms with E-state index in [9.17, 15) is 9.18 Å². The first-order valence-electron chi connectivity index (χ1n) is 5.91. The molecular weight excluding hydrogens is 249 g/mol. The molecule has 19 heavy (non-hydrogen) atoms. The highest BCUT2D eigenvalue weighted by Gasteiger charge is 2.01. The summed E-state index contributed by atoms with van der Waals surface area (Å²) in [5.41, 5.74) is 7.10. The molecule has 0 bridgehead atoms. The number of halogens is 1. The molecule has 0 saturated carbocycles. The lowest BCUT2D eigenvalue weighted by Gasteiger charge is -2.15. The Bertz CT molecular complexity index is 446. The van der Waals surface area contributed by atoms with Crippen molar-refractivity contribution in [3.63, 3.8) is 0 Å². The second-order valence-corrected chi connectivity index (χ2v) is 4.25. The number of carboxylic acids is 1. The van der Waals surface area contributed by atoms with E-state index >= 15 is 0 Å². The number of carboxylic acid groups (broad SMARTS) is 1. The summed E-state index contributed by atoms with van der Waals surface area (Å²) in [6.45, 7) is 0.403. The highest BCUT2D eigenvalue weighted by Crippen LogP contribution is 2.07. The molecule has 0 aliphatic heterocycles. The Balaban J connectivity index is 2.42. The first-order valence-corrected chi connectivity index (χ1v) is 5.91. The lowest BCUT2D eigenvalue weighted by Crippen LogP contribution is -2.26. The second-order valence-electron chi connectivity index (χ2n) is 4.25. The molecule has 0 fully saturated rings. The van der Waals surface area contributed by atoms with Crippen LogP contribution in [-0.2, 0) is 11.3 Å². The molecule has 1 rings (SSSR count). The maximum Gasteiger partial charge on any atom is 0.303 e. The van der Waals surface area contributed by atoms with E-state index in [1.807, 2.05) is 0 Å². The number of aliphatic carboxylic acids is 1. The minimum Gasteiger partial charge on any atom is -0.481 e. The summed E-state index contributed by atoms with van der Waals surface area (Å²) in [5, 5.41) is 9.89. The second kappa shape index (κ2) is 7.38. The topological polar surface area (TPSA) is 92.6 Å². The molecule has 104 valence electrons. The van der Waals surface area contributed by atoms with Gasteiger partial charge in [0.15, 0.2) is 0 Å². The van der Waals surface area contributed by atoms with Crippen molar-refractivity contribution < 1.29 is 14.3 Å². The average molecular weight is 267 g/mol. The Morgan fingerprint density at radius 3 is 2.53 bits per heavy atom. The summed E-state index contributed by atoms with van der Waals surface area (Å²) in [4.78, 5) is 10.3. The van der Waals surface area contributed by atoms with E-state index in [-0.39, 0.29) is 12.2 Å². The van der Waals surface area contributed by atoms with Gasteiger partial charge in [-0.3, -0.25) is 4.79 Å². The van der Waals surface area contributed by atoms with Gasteiger partial charge in [0.05, 0.1) is 6.54 Å². The van der Waals surface area contributed by atoms with E-state index in [0.29, 0.717) is 25.1 Å². The van der Waals surface area contributed by atoms with Crippen molar-refractivity contribution in [2.24, 2.45) is 11.6 Å². The predicted molar refractivity (Wildman–Crippen MR) is 69.9 cm³/mol. The van der Waals surface area contributed by atoms with E-state index in [4.69, 9.17) is 16.7 Å². The number of allylic oxidation sites excluding steroid dienone is 1. The van der Waals surface area contributed by atoms with Crippen LogP contribution < -0.4 is 11.6 Å². The number of benzene rings is 1. The van der Waals surface area contributed by atoms with E-state index in [2.05, 4.69) is 0 Å². The number of hydrogen-bond acceptors (Lipinski definition) is 4. The summed E-state index contributed by atoms with van der Waals surface area (Å²) in [6.07, 6.45) is 2.59. The van der Waals surface area contributed by atoms with E-state index < -0.39 is 5.97 Å². The molecule has 0 heterocycles. The highest BCUT2D eigenvalue weighted by molar-refractivity contribution is 5.66. The molecular formula is C13H18FN3O2. The lowest BCUT2D eigenvalue weighted by atomic mass is 10.2. The molecule has 0 aromatic heterocycles. The highest BCUT2D eigenvalue weighted by atomic mass is 19.1. The van der Waals surface area contributed by atoms with Crippen molar-refractivity contribution in [1.82, 2.24) is 5.01 Å². The first-order chi connectivity index (χ1) is 8.97. The Hall–Kier alpha value is -2.08. The Labute approximate surface area is 111 Å². The van der Waals surface area contributed by atoms with Gasteiger partial charge in [0, 0.05) is 18.3 Å². The molecule has 5 nitrogen and oxygen atoms in total. The smallest absolute Gasteiger partial charge is 0.303 e. The lowest BCUT2D eigenvalue weighted by molar-refractivity contribution is -0.137. The fraction of sp³-hybridized carbons (Fsp3) is 0.308. The van der Waals surface area contributed by atoms with Crippen molar-refractivity contribution in [1.29, 1.82) is 0 Å². The third-order valence-electron chi connectivity index (χ3n) is 2.47. The Morgan fingerprint density at radius 1 is 1.32 bits per heavy atom. The van der Waals surface area contributed by atoms with Gasteiger partial charge in [-0.15, -0.1) is 0 Å². The number of hydrazine groups is 1. The van der Waals surface area contributed by atoms with Gasteiger partial charge in [-0.2, -0.15) is 0 Å². The van der Waals surface area contributed by atoms with E-state index in [1.165, 1.54) is 17.1 Å². The van der Waals surface area contributed by atoms with Gasteiger partial charge in [-0.1, -0.05) is 12.1 Å². The van der Waals surface area contributed by atoms with Crippen molar-refractivity contribution in [3.8, 4) is 0 Å². The number of nitrogens with zero attached hydrogens (tertiary/aromatic N) is 1. The van der Waals surface area contributed by atoms with Crippen LogP contribution in [0.25, 0.3) is 0 Å². The number of nitrogens with two attached hydrogens (primary N) is 2. The maximum atomic E-state index is 12.7. The third kappa shape index (κ3) is 6.42. The standard InChI is InChI=1S/C13H18FN3O2/c14-11-6-4-10(5-7-11)8-17(16)9-12(15)2-1-3-13(18)19/h4-7,9H,1-3,8,15-16H2,(H,18,19)/b12-9-. The fourth-order valence-electron chi connectivity index (χ4n) is 1.57. The minimum absolute atomic E-state index is 0.0804. The van der Waals surface area contributed by atoms with Crippen LogP contribution in [0.1, 0.15) is 24.8 Å². The summed E-state index contributed by atoms with van der Waals surface area (Å²) in [7, 11) is 0. The Morgan fingerprint density at radius 2 is 1.95 bits per heavy atom. The number of hydrogen-bond donors (Lipinski definition) is 3. The molecule has 0 unspecified atom stereocenters. The third-order valence-corrected chi connectivity index (χ3v) is 2.47. The minimum atomic E-state index is -0.844. The normalized spacial score (nSPS) is 11.4. The van der Waals surface area contributed by atoms with Gasteiger partial charge in [-0.05, 0) is 30.5 Å². The predicted octanol–water partition coefficient (Wildman–Crippen LogP) is 1.56. The van der Waals surface area contributed by atoms with Crippen LogP contribution in [-0.4, -0.2) is 16.1 Å². The maximum absolute atomic E-state index is 12.7. The molecule has 5 N–H and O–H groups in total. The summed E-state index contributed by atoms with van der Waals surface area (Å²) >= 11 is 0. The van der Waals surface area contributed by atoms with Crippen LogP contribution in [0.5, 0.6) is 0 Å². The zero-order valence-electron chi connectivity index (χ0n) is 10.6. The fourth-order valence-corrected chi connectivity index (χ4v) is 1.57. The number of carbonyl (C=O) groups is 1. The Kier molecular flexibility index (Phi) is 5.81. The van der Waals surface area contributed by atoms with E-state index in [1.54, 1.807) is 18.3 Å². The summed E-state index contributed by atoms with van der Waals surface area (Å²) in [5.74, 6) is 4.60. The van der Waals surface area contributed by atoms with Crippen LogP contribution in [0, 0.1) is 5.82 Å². The molecule has 1 aromatic carbocycles. The average Bonchev–Trinajstić information content (AvgIpc) is 2.31. The van der Waals surface area contributed by atoms with Gasteiger partial charge >= 0.3 is 5.97 Å². The van der Waals surface area contributed by atoms with Crippen LogP contribution in [0.4, 0.5) is 4.39 Å².